The second-order valence-corrected chi connectivity index (χ2v) is 5.51. The number of phenols is 1. The number of nitrogens with one attached hydrogen (secondary N) is 1. The summed E-state index contributed by atoms with van der Waals surface area (Å²) < 4.78 is 10.5. The highest BCUT2D eigenvalue weighted by atomic mass is 16.5. The molecule has 0 heterocycles. The third-order valence-corrected chi connectivity index (χ3v) is 3.46. The summed E-state index contributed by atoms with van der Waals surface area (Å²) in [7, 11) is 0. The van der Waals surface area contributed by atoms with Crippen molar-refractivity contribution in [2.45, 2.75) is 26.9 Å². The number of rotatable bonds is 6. The number of aromatic hydroxyl groups is 1. The van der Waals surface area contributed by atoms with Gasteiger partial charge in [-0.3, -0.25) is 4.79 Å². The van der Waals surface area contributed by atoms with E-state index < -0.39 is 18.0 Å². The van der Waals surface area contributed by atoms with Gasteiger partial charge in [-0.1, -0.05) is 11.6 Å². The molecule has 0 bridgehead atoms. The van der Waals surface area contributed by atoms with E-state index in [-0.39, 0.29) is 11.3 Å². The van der Waals surface area contributed by atoms with Gasteiger partial charge in [0, 0.05) is 5.69 Å². The maximum absolute atomic E-state index is 12.2. The van der Waals surface area contributed by atoms with Crippen molar-refractivity contribution in [3.8, 4) is 11.5 Å². The van der Waals surface area contributed by atoms with Gasteiger partial charge in [0.05, 0.1) is 6.61 Å². The molecule has 0 aliphatic carbocycles. The molecular weight excluding hydrogens is 322 g/mol. The van der Waals surface area contributed by atoms with Gasteiger partial charge in [0.25, 0.3) is 5.91 Å². The first-order valence-corrected chi connectivity index (χ1v) is 7.95. The topological polar surface area (TPSA) is 84.9 Å². The summed E-state index contributed by atoms with van der Waals surface area (Å²) in [4.78, 5) is 24.3. The van der Waals surface area contributed by atoms with Crippen LogP contribution in [0.25, 0.3) is 0 Å². The molecular formula is C19H21NO5. The van der Waals surface area contributed by atoms with E-state index in [1.807, 2.05) is 6.92 Å². The van der Waals surface area contributed by atoms with Gasteiger partial charge in [-0.25, -0.2) is 4.79 Å². The maximum Gasteiger partial charge on any atom is 0.342 e. The Morgan fingerprint density at radius 2 is 1.84 bits per heavy atom. The molecule has 2 rings (SSSR count). The Balaban J connectivity index is 1.97. The first-order valence-electron chi connectivity index (χ1n) is 7.95. The number of hydrogen-bond acceptors (Lipinski definition) is 5. The molecule has 0 aliphatic heterocycles. The van der Waals surface area contributed by atoms with E-state index in [4.69, 9.17) is 9.47 Å². The molecule has 0 spiro atoms. The van der Waals surface area contributed by atoms with Crippen LogP contribution in [0.2, 0.25) is 0 Å². The van der Waals surface area contributed by atoms with Gasteiger partial charge < -0.3 is 19.9 Å². The standard InChI is InChI=1S/C19H21NO5/c1-4-24-15-8-6-14(7-9-15)20-18(22)13(3)25-19(23)16-11-12(2)5-10-17(16)21/h5-11,13,21H,4H2,1-3H3,(H,20,22)/t13-/m0/s1. The Bertz CT molecular complexity index is 755. The third-order valence-electron chi connectivity index (χ3n) is 3.46. The number of amides is 1. The SMILES string of the molecule is CCOc1ccc(NC(=O)[C@H](C)OC(=O)c2cc(C)ccc2O)cc1. The number of hydrogen-bond donors (Lipinski definition) is 2. The van der Waals surface area contributed by atoms with Crippen molar-refractivity contribution in [3.63, 3.8) is 0 Å². The normalized spacial score (nSPS) is 11.5. The molecule has 1 amide bonds. The van der Waals surface area contributed by atoms with E-state index in [1.54, 1.807) is 37.3 Å². The van der Waals surface area contributed by atoms with Crippen LogP contribution in [0.1, 0.15) is 29.8 Å². The summed E-state index contributed by atoms with van der Waals surface area (Å²) in [5.74, 6) is -0.704. The number of anilines is 1. The van der Waals surface area contributed by atoms with Gasteiger partial charge >= 0.3 is 5.97 Å². The van der Waals surface area contributed by atoms with Crippen LogP contribution in [0.3, 0.4) is 0 Å². The lowest BCUT2D eigenvalue weighted by Gasteiger charge is -2.14. The van der Waals surface area contributed by atoms with E-state index in [2.05, 4.69) is 5.32 Å². The summed E-state index contributed by atoms with van der Waals surface area (Å²) in [6, 6.07) is 11.5. The van der Waals surface area contributed by atoms with Crippen LogP contribution in [-0.4, -0.2) is 29.7 Å². The fourth-order valence-electron chi connectivity index (χ4n) is 2.14. The lowest BCUT2D eigenvalue weighted by molar-refractivity contribution is -0.123. The van der Waals surface area contributed by atoms with Crippen molar-refractivity contribution in [1.29, 1.82) is 0 Å². The maximum atomic E-state index is 12.2. The molecule has 0 fully saturated rings. The van der Waals surface area contributed by atoms with E-state index in [0.29, 0.717) is 18.0 Å². The van der Waals surface area contributed by atoms with Crippen LogP contribution in [0, 0.1) is 6.92 Å². The summed E-state index contributed by atoms with van der Waals surface area (Å²) in [5.41, 5.74) is 1.40. The molecule has 132 valence electrons. The number of carbonyl (C=O) groups is 2. The van der Waals surface area contributed by atoms with Gasteiger partial charge in [0.1, 0.15) is 17.1 Å². The summed E-state index contributed by atoms with van der Waals surface area (Å²) in [6.07, 6.45) is -1.01. The van der Waals surface area contributed by atoms with E-state index >= 15 is 0 Å². The first kappa shape index (κ1) is 18.3. The fourth-order valence-corrected chi connectivity index (χ4v) is 2.14. The van der Waals surface area contributed by atoms with E-state index in [0.717, 1.165) is 5.56 Å². The minimum atomic E-state index is -1.01. The smallest absolute Gasteiger partial charge is 0.342 e. The average molecular weight is 343 g/mol. The van der Waals surface area contributed by atoms with Crippen molar-refractivity contribution in [3.05, 3.63) is 53.6 Å². The van der Waals surface area contributed by atoms with Crippen molar-refractivity contribution < 1.29 is 24.2 Å². The van der Waals surface area contributed by atoms with Gasteiger partial charge in [0.2, 0.25) is 0 Å². The quantitative estimate of drug-likeness (QED) is 0.786. The number of phenolic OH excluding ortho intramolecular Hbond substituents is 1. The molecule has 2 aromatic rings. The Morgan fingerprint density at radius 1 is 1.16 bits per heavy atom. The molecule has 2 aromatic carbocycles. The highest BCUT2D eigenvalue weighted by molar-refractivity contribution is 5.98. The predicted molar refractivity (Wildman–Crippen MR) is 94.0 cm³/mol. The zero-order valence-corrected chi connectivity index (χ0v) is 14.4. The van der Waals surface area contributed by atoms with Gasteiger partial charge in [0.15, 0.2) is 6.10 Å². The molecule has 2 N–H and O–H groups in total. The molecule has 0 radical (unpaired) electrons. The summed E-state index contributed by atoms with van der Waals surface area (Å²) >= 11 is 0. The second-order valence-electron chi connectivity index (χ2n) is 5.51. The lowest BCUT2D eigenvalue weighted by Crippen LogP contribution is -2.30. The van der Waals surface area contributed by atoms with Crippen LogP contribution in [0.5, 0.6) is 11.5 Å². The molecule has 0 aromatic heterocycles. The number of ether oxygens (including phenoxy) is 2. The van der Waals surface area contributed by atoms with Crippen LogP contribution in [-0.2, 0) is 9.53 Å². The van der Waals surface area contributed by atoms with Crippen molar-refractivity contribution >= 4 is 17.6 Å². The van der Waals surface area contributed by atoms with Crippen molar-refractivity contribution in [2.75, 3.05) is 11.9 Å². The monoisotopic (exact) mass is 343 g/mol. The largest absolute Gasteiger partial charge is 0.507 e. The van der Waals surface area contributed by atoms with Gasteiger partial charge in [-0.2, -0.15) is 0 Å². The molecule has 6 nitrogen and oxygen atoms in total. The Kier molecular flexibility index (Phi) is 6.00. The summed E-state index contributed by atoms with van der Waals surface area (Å²) in [6.45, 7) is 5.70. The predicted octanol–water partition coefficient (Wildman–Crippen LogP) is 3.28. The third kappa shape index (κ3) is 4.97. The average Bonchev–Trinajstić information content (AvgIpc) is 2.58. The van der Waals surface area contributed by atoms with Crippen molar-refractivity contribution in [2.24, 2.45) is 0 Å². The number of aryl methyl sites for hydroxylation is 1. The van der Waals surface area contributed by atoms with E-state index in [9.17, 15) is 14.7 Å². The number of carbonyl (C=O) groups excluding carboxylic acids is 2. The zero-order chi connectivity index (χ0) is 18.4. The second kappa shape index (κ2) is 8.19. The van der Waals surface area contributed by atoms with Crippen LogP contribution >= 0.6 is 0 Å². The first-order chi connectivity index (χ1) is 11.9. The number of esters is 1. The molecule has 0 unspecified atom stereocenters. The lowest BCUT2D eigenvalue weighted by atomic mass is 10.1. The highest BCUT2D eigenvalue weighted by Crippen LogP contribution is 2.20. The Hall–Kier alpha value is -3.02. The van der Waals surface area contributed by atoms with E-state index in [1.165, 1.54) is 19.1 Å². The molecule has 0 aliphatic rings. The van der Waals surface area contributed by atoms with Crippen LogP contribution in [0.4, 0.5) is 5.69 Å². The van der Waals surface area contributed by atoms with Crippen molar-refractivity contribution in [1.82, 2.24) is 0 Å². The minimum Gasteiger partial charge on any atom is -0.507 e. The Morgan fingerprint density at radius 3 is 2.48 bits per heavy atom. The number of benzene rings is 2. The molecule has 0 saturated heterocycles. The molecule has 25 heavy (non-hydrogen) atoms. The fraction of sp³-hybridized carbons (Fsp3) is 0.263. The summed E-state index contributed by atoms with van der Waals surface area (Å²) in [5, 5.41) is 12.4. The van der Waals surface area contributed by atoms with Crippen LogP contribution < -0.4 is 10.1 Å². The molecule has 1 atom stereocenters. The Labute approximate surface area is 146 Å². The minimum absolute atomic E-state index is 0.0284. The van der Waals surface area contributed by atoms with Gasteiger partial charge in [-0.05, 0) is 57.2 Å². The molecule has 0 saturated carbocycles. The van der Waals surface area contributed by atoms with Crippen LogP contribution in [0.15, 0.2) is 42.5 Å². The zero-order valence-electron chi connectivity index (χ0n) is 14.4. The highest BCUT2D eigenvalue weighted by Gasteiger charge is 2.21. The van der Waals surface area contributed by atoms with Gasteiger partial charge in [-0.15, -0.1) is 0 Å². The molecule has 6 heteroatoms.